The minimum absolute atomic E-state index is 0.107. The van der Waals surface area contributed by atoms with Gasteiger partial charge < -0.3 is 20.3 Å². The first-order valence-corrected chi connectivity index (χ1v) is 11.0. The Balaban J connectivity index is 3.33. The molecule has 0 fully saturated rings. The third-order valence-corrected chi connectivity index (χ3v) is 4.61. The van der Waals surface area contributed by atoms with Crippen molar-refractivity contribution >= 4 is 17.9 Å². The van der Waals surface area contributed by atoms with E-state index in [4.69, 9.17) is 11.2 Å². The second kappa shape index (κ2) is 11.6. The van der Waals surface area contributed by atoms with Crippen LogP contribution in [0.15, 0.2) is 24.3 Å². The summed E-state index contributed by atoms with van der Waals surface area (Å²) >= 11 is 0. The molecule has 2 atom stereocenters. The second-order valence-corrected chi connectivity index (χ2v) is 9.32. The van der Waals surface area contributed by atoms with Gasteiger partial charge in [-0.2, -0.15) is 0 Å². The maximum atomic E-state index is 13.6. The fourth-order valence-corrected chi connectivity index (χ4v) is 3.19. The van der Waals surface area contributed by atoms with E-state index in [1.807, 2.05) is 27.7 Å². The molecule has 0 saturated carbocycles. The van der Waals surface area contributed by atoms with Gasteiger partial charge >= 0.3 is 6.09 Å². The van der Waals surface area contributed by atoms with Gasteiger partial charge in [0.25, 0.3) is 0 Å². The normalized spacial score (nSPS) is 13.2. The van der Waals surface area contributed by atoms with Gasteiger partial charge in [-0.1, -0.05) is 31.9 Å². The zero-order valence-electron chi connectivity index (χ0n) is 20.5. The van der Waals surface area contributed by atoms with Crippen LogP contribution in [0, 0.1) is 18.3 Å². The summed E-state index contributed by atoms with van der Waals surface area (Å²) in [6.45, 7) is 14.7. The van der Waals surface area contributed by atoms with E-state index in [1.54, 1.807) is 52.0 Å². The summed E-state index contributed by atoms with van der Waals surface area (Å²) < 4.78 is 5.33. The monoisotopic (exact) mass is 443 g/mol. The van der Waals surface area contributed by atoms with Crippen LogP contribution in [-0.4, -0.2) is 47.0 Å². The number of rotatable bonds is 8. The van der Waals surface area contributed by atoms with Gasteiger partial charge in [-0.3, -0.25) is 9.59 Å². The number of alkyl carbamates (subject to hydrolysis) is 1. The van der Waals surface area contributed by atoms with Gasteiger partial charge in [0.2, 0.25) is 11.8 Å². The van der Waals surface area contributed by atoms with Crippen molar-refractivity contribution in [3.05, 3.63) is 35.4 Å². The molecule has 7 nitrogen and oxygen atoms in total. The Morgan fingerprint density at radius 2 is 1.62 bits per heavy atom. The van der Waals surface area contributed by atoms with E-state index in [-0.39, 0.29) is 30.3 Å². The van der Waals surface area contributed by atoms with E-state index in [2.05, 4.69) is 16.6 Å². The second-order valence-electron chi connectivity index (χ2n) is 9.32. The van der Waals surface area contributed by atoms with E-state index in [0.717, 1.165) is 0 Å². The van der Waals surface area contributed by atoms with Crippen molar-refractivity contribution in [2.75, 3.05) is 6.54 Å². The molecular weight excluding hydrogens is 406 g/mol. The molecule has 7 heteroatoms. The van der Waals surface area contributed by atoms with Crippen LogP contribution in [0.4, 0.5) is 4.79 Å². The summed E-state index contributed by atoms with van der Waals surface area (Å²) in [6.07, 6.45) is 4.77. The molecule has 0 spiro atoms. The van der Waals surface area contributed by atoms with E-state index in [9.17, 15) is 14.4 Å². The van der Waals surface area contributed by atoms with Crippen molar-refractivity contribution < 1.29 is 19.1 Å². The van der Waals surface area contributed by atoms with Gasteiger partial charge in [-0.15, -0.1) is 6.42 Å². The SMILES string of the molecule is C#Cc1ccc(C(C(=O)NC(C)C)N(CC)C(=O)C(NC(=O)OC(C)(C)C)C(C)C)cc1. The van der Waals surface area contributed by atoms with Gasteiger partial charge in [0.05, 0.1) is 0 Å². The summed E-state index contributed by atoms with van der Waals surface area (Å²) in [5, 5.41) is 5.58. The van der Waals surface area contributed by atoms with Crippen molar-refractivity contribution in [3.63, 3.8) is 0 Å². The first kappa shape index (κ1) is 27.0. The summed E-state index contributed by atoms with van der Waals surface area (Å²) in [6, 6.07) is 5.14. The van der Waals surface area contributed by atoms with Gasteiger partial charge in [0.15, 0.2) is 0 Å². The number of hydrogen-bond donors (Lipinski definition) is 2. The zero-order chi connectivity index (χ0) is 24.6. The topological polar surface area (TPSA) is 87.7 Å². The predicted molar refractivity (Wildman–Crippen MR) is 126 cm³/mol. The largest absolute Gasteiger partial charge is 0.444 e. The average molecular weight is 444 g/mol. The van der Waals surface area contributed by atoms with Crippen LogP contribution in [0.25, 0.3) is 0 Å². The smallest absolute Gasteiger partial charge is 0.408 e. The van der Waals surface area contributed by atoms with E-state index >= 15 is 0 Å². The number of terminal acetylenes is 1. The van der Waals surface area contributed by atoms with Crippen molar-refractivity contribution in [1.29, 1.82) is 0 Å². The number of nitrogens with zero attached hydrogens (tertiary/aromatic N) is 1. The first-order valence-electron chi connectivity index (χ1n) is 11.0. The number of hydrogen-bond acceptors (Lipinski definition) is 4. The molecule has 0 aromatic heterocycles. The molecule has 2 N–H and O–H groups in total. The Labute approximate surface area is 192 Å². The lowest BCUT2D eigenvalue weighted by molar-refractivity contribution is -0.143. The number of nitrogens with one attached hydrogen (secondary N) is 2. The van der Waals surface area contributed by atoms with Crippen LogP contribution < -0.4 is 10.6 Å². The van der Waals surface area contributed by atoms with Crippen LogP contribution in [0.1, 0.15) is 72.6 Å². The average Bonchev–Trinajstić information content (AvgIpc) is 2.67. The third kappa shape index (κ3) is 7.92. The van der Waals surface area contributed by atoms with Crippen molar-refractivity contribution in [2.24, 2.45) is 5.92 Å². The molecule has 0 aliphatic heterocycles. The van der Waals surface area contributed by atoms with E-state index in [0.29, 0.717) is 11.1 Å². The molecule has 0 heterocycles. The molecule has 1 aromatic carbocycles. The molecule has 0 aliphatic carbocycles. The van der Waals surface area contributed by atoms with E-state index in [1.165, 1.54) is 4.90 Å². The third-order valence-electron chi connectivity index (χ3n) is 4.61. The molecule has 0 radical (unpaired) electrons. The molecule has 0 bridgehead atoms. The quantitative estimate of drug-likeness (QED) is 0.601. The molecule has 1 aromatic rings. The summed E-state index contributed by atoms with van der Waals surface area (Å²) in [5.41, 5.74) is 0.618. The van der Waals surface area contributed by atoms with Crippen LogP contribution in [0.2, 0.25) is 0 Å². The van der Waals surface area contributed by atoms with Gasteiger partial charge in [-0.05, 0) is 65.2 Å². The Bertz CT molecular complexity index is 832. The highest BCUT2D eigenvalue weighted by Crippen LogP contribution is 2.24. The summed E-state index contributed by atoms with van der Waals surface area (Å²) in [5.74, 6) is 1.67. The summed E-state index contributed by atoms with van der Waals surface area (Å²) in [7, 11) is 0. The fourth-order valence-electron chi connectivity index (χ4n) is 3.19. The molecule has 3 amide bonds. The highest BCUT2D eigenvalue weighted by molar-refractivity contribution is 5.92. The van der Waals surface area contributed by atoms with Crippen molar-refractivity contribution in [1.82, 2.24) is 15.5 Å². The van der Waals surface area contributed by atoms with Gasteiger partial charge in [0.1, 0.15) is 17.7 Å². The Kier molecular flexibility index (Phi) is 9.77. The van der Waals surface area contributed by atoms with Crippen LogP contribution in [-0.2, 0) is 14.3 Å². The fraction of sp³-hybridized carbons (Fsp3) is 0.560. The molecule has 0 aliphatic rings. The molecule has 0 saturated heterocycles. The highest BCUT2D eigenvalue weighted by atomic mass is 16.6. The van der Waals surface area contributed by atoms with Crippen LogP contribution >= 0.6 is 0 Å². The number of carbonyl (C=O) groups is 3. The number of benzene rings is 1. The van der Waals surface area contributed by atoms with Gasteiger partial charge in [0, 0.05) is 18.2 Å². The Morgan fingerprint density at radius 1 is 1.06 bits per heavy atom. The van der Waals surface area contributed by atoms with Crippen LogP contribution in [0.5, 0.6) is 0 Å². The van der Waals surface area contributed by atoms with E-state index < -0.39 is 23.8 Å². The standard InChI is InChI=1S/C25H37N3O4/c1-10-18-12-14-19(15-13-18)21(22(29)26-17(5)6)28(11-2)23(30)20(16(3)4)27-24(31)32-25(7,8)9/h1,12-17,20-21H,11H2,2-9H3,(H,26,29)(H,27,31). The van der Waals surface area contributed by atoms with Crippen molar-refractivity contribution in [3.8, 4) is 12.3 Å². The Morgan fingerprint density at radius 3 is 2.03 bits per heavy atom. The molecule has 1 rings (SSSR count). The molecular formula is C25H37N3O4. The van der Waals surface area contributed by atoms with Crippen LogP contribution in [0.3, 0.4) is 0 Å². The predicted octanol–water partition coefficient (Wildman–Crippen LogP) is 3.63. The molecule has 2 unspecified atom stereocenters. The minimum Gasteiger partial charge on any atom is -0.444 e. The number of likely N-dealkylation sites (N-methyl/N-ethyl adjacent to an activating group) is 1. The number of carbonyl (C=O) groups excluding carboxylic acids is 3. The molecule has 176 valence electrons. The Hall–Kier alpha value is -3.01. The van der Waals surface area contributed by atoms with Gasteiger partial charge in [-0.25, -0.2) is 4.79 Å². The molecule has 32 heavy (non-hydrogen) atoms. The minimum atomic E-state index is -0.872. The van der Waals surface area contributed by atoms with Crippen molar-refractivity contribution in [2.45, 2.75) is 79.1 Å². The highest BCUT2D eigenvalue weighted by Gasteiger charge is 2.36. The lowest BCUT2D eigenvalue weighted by Crippen LogP contribution is -2.55. The maximum Gasteiger partial charge on any atom is 0.408 e. The zero-order valence-corrected chi connectivity index (χ0v) is 20.5. The summed E-state index contributed by atoms with van der Waals surface area (Å²) in [4.78, 5) is 40.6. The lowest BCUT2D eigenvalue weighted by Gasteiger charge is -2.35. The first-order chi connectivity index (χ1) is 14.8. The maximum absolute atomic E-state index is 13.6. The number of amides is 3. The lowest BCUT2D eigenvalue weighted by atomic mass is 9.98. The number of ether oxygens (including phenoxy) is 1.